The molecule has 0 spiro atoms. The van der Waals surface area contributed by atoms with E-state index in [-0.39, 0.29) is 11.8 Å². The van der Waals surface area contributed by atoms with Gasteiger partial charge in [-0.2, -0.15) is 18.2 Å². The Balaban J connectivity index is 2.20. The van der Waals surface area contributed by atoms with E-state index < -0.39 is 11.9 Å². The molecule has 0 bridgehead atoms. The molecule has 2 rings (SSSR count). The molecule has 142 valence electrons. The van der Waals surface area contributed by atoms with E-state index in [4.69, 9.17) is 11.6 Å². The molecule has 1 aromatic heterocycles. The van der Waals surface area contributed by atoms with Gasteiger partial charge in [0.25, 0.3) is 0 Å². The Kier molecular flexibility index (Phi) is 6.66. The molecule has 1 heterocycles. The van der Waals surface area contributed by atoms with Crippen LogP contribution in [-0.4, -0.2) is 42.1 Å². The first-order chi connectivity index (χ1) is 12.1. The molecular formula is C17H21ClF3N5. The Bertz CT molecular complexity index is 750. The summed E-state index contributed by atoms with van der Waals surface area (Å²) in [5.41, 5.74) is 0.400. The van der Waals surface area contributed by atoms with Crippen molar-refractivity contribution in [3.8, 4) is 0 Å². The number of aryl methyl sites for hydroxylation is 1. The lowest BCUT2D eigenvalue weighted by molar-refractivity contribution is -0.141. The predicted octanol–water partition coefficient (Wildman–Crippen LogP) is 4.56. The van der Waals surface area contributed by atoms with Crippen LogP contribution >= 0.6 is 11.6 Å². The summed E-state index contributed by atoms with van der Waals surface area (Å²) in [4.78, 5) is 9.69. The smallest absolute Gasteiger partial charge is 0.354 e. The first-order valence-corrected chi connectivity index (χ1v) is 8.41. The molecule has 0 amide bonds. The lowest BCUT2D eigenvalue weighted by Crippen LogP contribution is -2.18. The molecule has 9 heteroatoms. The molecule has 26 heavy (non-hydrogen) atoms. The lowest BCUT2D eigenvalue weighted by atomic mass is 10.2. The number of halogens is 4. The molecule has 0 aliphatic carbocycles. The second kappa shape index (κ2) is 8.55. The zero-order valence-corrected chi connectivity index (χ0v) is 15.5. The van der Waals surface area contributed by atoms with Crippen LogP contribution in [0.15, 0.2) is 24.3 Å². The van der Waals surface area contributed by atoms with Crippen molar-refractivity contribution in [2.24, 2.45) is 0 Å². The van der Waals surface area contributed by atoms with Crippen LogP contribution in [0.5, 0.6) is 0 Å². The van der Waals surface area contributed by atoms with E-state index in [1.807, 2.05) is 25.9 Å². The minimum absolute atomic E-state index is 0.0594. The van der Waals surface area contributed by atoms with E-state index in [1.165, 1.54) is 0 Å². The normalized spacial score (nSPS) is 11.7. The number of benzene rings is 1. The zero-order chi connectivity index (χ0) is 19.3. The number of hydrogen-bond acceptors (Lipinski definition) is 5. The van der Waals surface area contributed by atoms with Gasteiger partial charge in [0.2, 0.25) is 5.95 Å². The quantitative estimate of drug-likeness (QED) is 0.682. The minimum atomic E-state index is -4.56. The number of hydrogen-bond donors (Lipinski definition) is 2. The van der Waals surface area contributed by atoms with E-state index in [1.54, 1.807) is 18.2 Å². The molecular weight excluding hydrogens is 367 g/mol. The second-order valence-electron chi connectivity index (χ2n) is 6.13. The largest absolute Gasteiger partial charge is 0.433 e. The Morgan fingerprint density at radius 3 is 2.50 bits per heavy atom. The third-order valence-electron chi connectivity index (χ3n) is 3.51. The Morgan fingerprint density at radius 2 is 1.88 bits per heavy atom. The number of rotatable bonds is 7. The van der Waals surface area contributed by atoms with Gasteiger partial charge in [-0.25, -0.2) is 4.98 Å². The van der Waals surface area contributed by atoms with E-state index in [0.29, 0.717) is 17.3 Å². The molecule has 0 atom stereocenters. The van der Waals surface area contributed by atoms with Gasteiger partial charge in [0.15, 0.2) is 5.69 Å². The third kappa shape index (κ3) is 6.03. The van der Waals surface area contributed by atoms with Crippen LogP contribution in [0.25, 0.3) is 0 Å². The fraction of sp³-hybridized carbons (Fsp3) is 0.412. The molecule has 0 saturated heterocycles. The molecule has 0 aliphatic rings. The van der Waals surface area contributed by atoms with Gasteiger partial charge < -0.3 is 15.5 Å². The molecule has 2 aromatic rings. The molecule has 0 fully saturated rings. The first kappa shape index (κ1) is 20.3. The van der Waals surface area contributed by atoms with Crippen molar-refractivity contribution in [2.75, 3.05) is 37.8 Å². The van der Waals surface area contributed by atoms with Crippen LogP contribution in [-0.2, 0) is 6.18 Å². The van der Waals surface area contributed by atoms with E-state index in [2.05, 4.69) is 20.6 Å². The number of aromatic nitrogens is 2. The maximum absolute atomic E-state index is 13.1. The van der Waals surface area contributed by atoms with Gasteiger partial charge in [-0.1, -0.05) is 11.6 Å². The molecule has 0 radical (unpaired) electrons. The molecule has 5 nitrogen and oxygen atoms in total. The standard InChI is InChI=1S/C17H21ClF3N5/c1-11-9-12(5-6-13(11)18)23-15-10-14(17(19,20)21)24-16(25-15)22-7-4-8-26(2)3/h5-6,9-10H,4,7-8H2,1-3H3,(H2,22,23,24,25). The highest BCUT2D eigenvalue weighted by Gasteiger charge is 2.33. The fourth-order valence-electron chi connectivity index (χ4n) is 2.20. The van der Waals surface area contributed by atoms with Gasteiger partial charge in [-0.15, -0.1) is 0 Å². The summed E-state index contributed by atoms with van der Waals surface area (Å²) in [6, 6.07) is 5.97. The second-order valence-corrected chi connectivity index (χ2v) is 6.54. The Morgan fingerprint density at radius 1 is 1.15 bits per heavy atom. The van der Waals surface area contributed by atoms with Gasteiger partial charge in [0, 0.05) is 23.3 Å². The van der Waals surface area contributed by atoms with Crippen molar-refractivity contribution in [2.45, 2.75) is 19.5 Å². The fourth-order valence-corrected chi connectivity index (χ4v) is 2.32. The van der Waals surface area contributed by atoms with Gasteiger partial charge in [-0.05, 0) is 57.7 Å². The van der Waals surface area contributed by atoms with E-state index in [0.717, 1.165) is 24.6 Å². The summed E-state index contributed by atoms with van der Waals surface area (Å²) >= 11 is 5.97. The van der Waals surface area contributed by atoms with Crippen LogP contribution in [0.2, 0.25) is 5.02 Å². The molecule has 0 unspecified atom stereocenters. The van der Waals surface area contributed by atoms with Crippen molar-refractivity contribution < 1.29 is 13.2 Å². The van der Waals surface area contributed by atoms with Crippen LogP contribution < -0.4 is 10.6 Å². The highest BCUT2D eigenvalue weighted by molar-refractivity contribution is 6.31. The van der Waals surface area contributed by atoms with Crippen molar-refractivity contribution in [1.82, 2.24) is 14.9 Å². The van der Waals surface area contributed by atoms with E-state index >= 15 is 0 Å². The van der Waals surface area contributed by atoms with Gasteiger partial charge in [-0.3, -0.25) is 0 Å². The molecule has 0 aliphatic heterocycles. The van der Waals surface area contributed by atoms with Crippen molar-refractivity contribution in [3.63, 3.8) is 0 Å². The molecule has 0 saturated carbocycles. The SMILES string of the molecule is Cc1cc(Nc2cc(C(F)(F)F)nc(NCCCN(C)C)n2)ccc1Cl. The third-order valence-corrected chi connectivity index (χ3v) is 3.94. The maximum Gasteiger partial charge on any atom is 0.433 e. The Hall–Kier alpha value is -2.06. The zero-order valence-electron chi connectivity index (χ0n) is 14.8. The number of nitrogens with one attached hydrogen (secondary N) is 2. The van der Waals surface area contributed by atoms with Gasteiger partial charge in [0.1, 0.15) is 5.82 Å². The van der Waals surface area contributed by atoms with Crippen LogP contribution in [0.1, 0.15) is 17.7 Å². The lowest BCUT2D eigenvalue weighted by Gasteiger charge is -2.14. The summed E-state index contributed by atoms with van der Waals surface area (Å²) < 4.78 is 39.4. The number of alkyl halides is 3. The Labute approximate surface area is 155 Å². The summed E-state index contributed by atoms with van der Waals surface area (Å²) in [7, 11) is 3.85. The van der Waals surface area contributed by atoms with Crippen molar-refractivity contribution >= 4 is 29.1 Å². The van der Waals surface area contributed by atoms with Crippen LogP contribution in [0.4, 0.5) is 30.6 Å². The van der Waals surface area contributed by atoms with E-state index in [9.17, 15) is 13.2 Å². The number of anilines is 3. The summed E-state index contributed by atoms with van der Waals surface area (Å²) in [5.74, 6) is -0.00377. The van der Waals surface area contributed by atoms with Crippen molar-refractivity contribution in [1.29, 1.82) is 0 Å². The first-order valence-electron chi connectivity index (χ1n) is 8.03. The van der Waals surface area contributed by atoms with Crippen LogP contribution in [0.3, 0.4) is 0 Å². The van der Waals surface area contributed by atoms with Gasteiger partial charge >= 0.3 is 6.18 Å². The average Bonchev–Trinajstić information content (AvgIpc) is 2.54. The molecule has 2 N–H and O–H groups in total. The minimum Gasteiger partial charge on any atom is -0.354 e. The molecule has 1 aromatic carbocycles. The van der Waals surface area contributed by atoms with Crippen molar-refractivity contribution in [3.05, 3.63) is 40.5 Å². The highest BCUT2D eigenvalue weighted by Crippen LogP contribution is 2.31. The summed E-state index contributed by atoms with van der Waals surface area (Å²) in [6.45, 7) is 3.09. The predicted molar refractivity (Wildman–Crippen MR) is 98.2 cm³/mol. The van der Waals surface area contributed by atoms with Crippen LogP contribution in [0, 0.1) is 6.92 Å². The highest BCUT2D eigenvalue weighted by atomic mass is 35.5. The number of nitrogens with zero attached hydrogens (tertiary/aromatic N) is 3. The average molecular weight is 388 g/mol. The van der Waals surface area contributed by atoms with Gasteiger partial charge in [0.05, 0.1) is 0 Å². The maximum atomic E-state index is 13.1. The topological polar surface area (TPSA) is 53.1 Å². The summed E-state index contributed by atoms with van der Waals surface area (Å²) in [5, 5.41) is 6.31. The summed E-state index contributed by atoms with van der Waals surface area (Å²) in [6.07, 6.45) is -3.80. The monoisotopic (exact) mass is 387 g/mol.